The van der Waals surface area contributed by atoms with Gasteiger partial charge >= 0.3 is 5.69 Å². The summed E-state index contributed by atoms with van der Waals surface area (Å²) in [6, 6.07) is -0.347. The number of hydrogen-bond donors (Lipinski definition) is 0. The summed E-state index contributed by atoms with van der Waals surface area (Å²) in [6.07, 6.45) is 3.08. The summed E-state index contributed by atoms with van der Waals surface area (Å²) < 4.78 is 4.16. The van der Waals surface area contributed by atoms with Crippen molar-refractivity contribution in [3.63, 3.8) is 0 Å². The van der Waals surface area contributed by atoms with Crippen LogP contribution in [0, 0.1) is 0 Å². The van der Waals surface area contributed by atoms with Crippen molar-refractivity contribution in [2.75, 3.05) is 0 Å². The smallest absolute Gasteiger partial charge is 0.328 e. The molecule has 2 heterocycles. The molecule has 0 saturated carbocycles. The quantitative estimate of drug-likeness (QED) is 0.696. The maximum absolute atomic E-state index is 12.2. The lowest BCUT2D eigenvalue weighted by Crippen LogP contribution is -2.40. The van der Waals surface area contributed by atoms with E-state index in [2.05, 4.69) is 11.6 Å². The lowest BCUT2D eigenvalue weighted by molar-refractivity contribution is 0.573. The third kappa shape index (κ3) is 1.44. The van der Waals surface area contributed by atoms with Gasteiger partial charge in [0.1, 0.15) is 0 Å². The third-order valence-corrected chi connectivity index (χ3v) is 2.90. The molecule has 1 atom stereocenters. The van der Waals surface area contributed by atoms with Gasteiger partial charge in [-0.3, -0.25) is 13.9 Å². The van der Waals surface area contributed by atoms with Crippen LogP contribution in [0.5, 0.6) is 0 Å². The maximum atomic E-state index is 12.2. The van der Waals surface area contributed by atoms with Crippen molar-refractivity contribution >= 4 is 11.2 Å². The molecule has 90 valence electrons. The van der Waals surface area contributed by atoms with Crippen LogP contribution in [0.3, 0.4) is 0 Å². The minimum absolute atomic E-state index is 0.337. The maximum Gasteiger partial charge on any atom is 0.333 e. The molecular formula is C11H14N4O2. The molecule has 6 nitrogen and oxygen atoms in total. The number of aryl methyl sites for hydroxylation is 2. The predicted molar refractivity (Wildman–Crippen MR) is 65.1 cm³/mol. The highest BCUT2D eigenvalue weighted by Gasteiger charge is 2.16. The molecule has 0 bridgehead atoms. The van der Waals surface area contributed by atoms with Gasteiger partial charge in [-0.1, -0.05) is 6.08 Å². The Kier molecular flexibility index (Phi) is 2.49. The molecule has 17 heavy (non-hydrogen) atoms. The van der Waals surface area contributed by atoms with Crippen molar-refractivity contribution < 1.29 is 0 Å². The zero-order valence-corrected chi connectivity index (χ0v) is 10.0. The first-order valence-corrected chi connectivity index (χ1v) is 5.24. The van der Waals surface area contributed by atoms with Crippen LogP contribution in [0.2, 0.25) is 0 Å². The number of nitrogens with zero attached hydrogens (tertiary/aromatic N) is 4. The number of imidazole rings is 1. The zero-order valence-electron chi connectivity index (χ0n) is 10.0. The average Bonchev–Trinajstić information content (AvgIpc) is 2.68. The Hall–Kier alpha value is -2.11. The number of fused-ring (bicyclic) bond motifs is 1. The molecule has 0 aliphatic carbocycles. The summed E-state index contributed by atoms with van der Waals surface area (Å²) in [5.74, 6) is 0. The second-order valence-electron chi connectivity index (χ2n) is 4.02. The van der Waals surface area contributed by atoms with Gasteiger partial charge in [-0.2, -0.15) is 0 Å². The van der Waals surface area contributed by atoms with Crippen molar-refractivity contribution in [3.05, 3.63) is 39.8 Å². The van der Waals surface area contributed by atoms with Crippen LogP contribution in [-0.2, 0) is 14.1 Å². The van der Waals surface area contributed by atoms with Gasteiger partial charge in [-0.15, -0.1) is 6.58 Å². The molecule has 0 aromatic carbocycles. The average molecular weight is 234 g/mol. The number of aromatic nitrogens is 4. The van der Waals surface area contributed by atoms with Gasteiger partial charge in [0.05, 0.1) is 12.4 Å². The molecule has 0 aliphatic heterocycles. The summed E-state index contributed by atoms with van der Waals surface area (Å²) in [5, 5.41) is 0. The summed E-state index contributed by atoms with van der Waals surface area (Å²) in [4.78, 5) is 28.3. The summed E-state index contributed by atoms with van der Waals surface area (Å²) in [5.41, 5.74) is 0.0971. The van der Waals surface area contributed by atoms with Gasteiger partial charge in [0.2, 0.25) is 0 Å². The molecule has 0 N–H and O–H groups in total. The molecule has 1 unspecified atom stereocenters. The van der Waals surface area contributed by atoms with Gasteiger partial charge in [0.15, 0.2) is 11.2 Å². The lowest BCUT2D eigenvalue weighted by atomic mass is 10.3. The van der Waals surface area contributed by atoms with E-state index in [1.54, 1.807) is 31.7 Å². The Morgan fingerprint density at radius 2 is 2.06 bits per heavy atom. The van der Waals surface area contributed by atoms with E-state index in [0.29, 0.717) is 11.2 Å². The molecule has 0 spiro atoms. The van der Waals surface area contributed by atoms with Crippen molar-refractivity contribution in [3.8, 4) is 0 Å². The van der Waals surface area contributed by atoms with Gasteiger partial charge in [0, 0.05) is 14.1 Å². The highest BCUT2D eigenvalue weighted by Crippen LogP contribution is 2.06. The van der Waals surface area contributed by atoms with Gasteiger partial charge in [-0.05, 0) is 6.92 Å². The van der Waals surface area contributed by atoms with E-state index in [1.807, 2.05) is 0 Å². The topological polar surface area (TPSA) is 61.8 Å². The molecular weight excluding hydrogens is 220 g/mol. The Balaban J connectivity index is 3.05. The number of allylic oxidation sites excluding steroid dienone is 1. The predicted octanol–water partition coefficient (Wildman–Crippen LogP) is 0.181. The minimum atomic E-state index is -0.381. The first kappa shape index (κ1) is 11.4. The molecule has 6 heteroatoms. The van der Waals surface area contributed by atoms with E-state index in [4.69, 9.17) is 0 Å². The first-order valence-electron chi connectivity index (χ1n) is 5.24. The fourth-order valence-electron chi connectivity index (χ4n) is 1.83. The SMILES string of the molecule is C=CC(C)n1c(=O)c2c(ncn2C)n(C)c1=O. The van der Waals surface area contributed by atoms with E-state index < -0.39 is 0 Å². The molecule has 2 rings (SSSR count). The van der Waals surface area contributed by atoms with Crippen LogP contribution in [0.15, 0.2) is 28.6 Å². The standard InChI is InChI=1S/C11H14N4O2/c1-5-7(2)15-10(16)8-9(12-6-13(8)3)14(4)11(15)17/h5-7H,1H2,2-4H3. The van der Waals surface area contributed by atoms with Crippen LogP contribution in [-0.4, -0.2) is 18.7 Å². The second kappa shape index (κ2) is 3.73. The second-order valence-corrected chi connectivity index (χ2v) is 4.02. The lowest BCUT2D eigenvalue weighted by Gasteiger charge is -2.11. The Labute approximate surface area is 97.4 Å². The minimum Gasteiger partial charge on any atom is -0.328 e. The van der Waals surface area contributed by atoms with Crippen molar-refractivity contribution in [1.29, 1.82) is 0 Å². The normalized spacial score (nSPS) is 12.9. The Bertz CT molecular complexity index is 705. The highest BCUT2D eigenvalue weighted by atomic mass is 16.2. The van der Waals surface area contributed by atoms with Crippen molar-refractivity contribution in [2.24, 2.45) is 14.1 Å². The third-order valence-electron chi connectivity index (χ3n) is 2.90. The van der Waals surface area contributed by atoms with Crippen LogP contribution < -0.4 is 11.2 Å². The van der Waals surface area contributed by atoms with E-state index in [-0.39, 0.29) is 17.3 Å². The molecule has 0 aliphatic rings. The molecule has 2 aromatic heterocycles. The van der Waals surface area contributed by atoms with Crippen LogP contribution in [0.1, 0.15) is 13.0 Å². The zero-order chi connectivity index (χ0) is 12.7. The molecule has 0 saturated heterocycles. The Morgan fingerprint density at radius 1 is 1.41 bits per heavy atom. The summed E-state index contributed by atoms with van der Waals surface area (Å²) in [6.45, 7) is 5.36. The van der Waals surface area contributed by atoms with E-state index in [1.165, 1.54) is 15.5 Å². The molecule has 0 amide bonds. The number of hydrogen-bond acceptors (Lipinski definition) is 3. The molecule has 2 aromatic rings. The monoisotopic (exact) mass is 234 g/mol. The van der Waals surface area contributed by atoms with Crippen LogP contribution in [0.4, 0.5) is 0 Å². The first-order chi connectivity index (χ1) is 7.99. The van der Waals surface area contributed by atoms with E-state index >= 15 is 0 Å². The molecule has 0 fully saturated rings. The van der Waals surface area contributed by atoms with E-state index in [0.717, 1.165) is 0 Å². The van der Waals surface area contributed by atoms with Gasteiger partial charge < -0.3 is 4.57 Å². The van der Waals surface area contributed by atoms with Gasteiger partial charge in [-0.25, -0.2) is 9.78 Å². The van der Waals surface area contributed by atoms with Crippen LogP contribution >= 0.6 is 0 Å². The number of rotatable bonds is 2. The fraction of sp³-hybridized carbons (Fsp3) is 0.364. The van der Waals surface area contributed by atoms with E-state index in [9.17, 15) is 9.59 Å². The summed E-state index contributed by atoms with van der Waals surface area (Å²) in [7, 11) is 3.33. The van der Waals surface area contributed by atoms with Gasteiger partial charge in [0.25, 0.3) is 5.56 Å². The van der Waals surface area contributed by atoms with Crippen molar-refractivity contribution in [2.45, 2.75) is 13.0 Å². The Morgan fingerprint density at radius 3 is 2.65 bits per heavy atom. The largest absolute Gasteiger partial charge is 0.333 e. The summed E-state index contributed by atoms with van der Waals surface area (Å²) >= 11 is 0. The fourth-order valence-corrected chi connectivity index (χ4v) is 1.83. The van der Waals surface area contributed by atoms with Crippen molar-refractivity contribution in [1.82, 2.24) is 18.7 Å². The van der Waals surface area contributed by atoms with Crippen LogP contribution in [0.25, 0.3) is 11.2 Å². The molecule has 0 radical (unpaired) electrons. The highest BCUT2D eigenvalue weighted by molar-refractivity contribution is 5.69.